The number of aryl methyl sites for hydroxylation is 1. The average Bonchev–Trinajstić information content (AvgIpc) is 3.54. The van der Waals surface area contributed by atoms with Crippen molar-refractivity contribution < 1.29 is 14.3 Å². The molecule has 3 fully saturated rings. The molecule has 3 aliphatic rings. The molecule has 0 radical (unpaired) electrons. The SMILES string of the molecule is Cc1cnccc1C(=O)NC[C@H]1CN(CC2CCN(CC3CC3)CC2)C(=O)CO1. The van der Waals surface area contributed by atoms with Gasteiger partial charge in [0.05, 0.1) is 6.10 Å². The first-order chi connectivity index (χ1) is 14.1. The van der Waals surface area contributed by atoms with E-state index in [2.05, 4.69) is 15.2 Å². The summed E-state index contributed by atoms with van der Waals surface area (Å²) in [5.41, 5.74) is 1.47. The van der Waals surface area contributed by atoms with E-state index in [0.29, 0.717) is 24.6 Å². The Balaban J connectivity index is 1.22. The van der Waals surface area contributed by atoms with E-state index < -0.39 is 0 Å². The molecule has 0 spiro atoms. The Morgan fingerprint density at radius 3 is 2.69 bits per heavy atom. The Hall–Kier alpha value is -1.99. The molecule has 2 aliphatic heterocycles. The highest BCUT2D eigenvalue weighted by molar-refractivity contribution is 5.95. The molecule has 1 aromatic rings. The number of carbonyl (C=O) groups is 2. The molecule has 1 N–H and O–H groups in total. The molecule has 7 nitrogen and oxygen atoms in total. The molecule has 2 amide bonds. The molecule has 3 heterocycles. The van der Waals surface area contributed by atoms with Gasteiger partial charge in [-0.3, -0.25) is 14.6 Å². The van der Waals surface area contributed by atoms with Gasteiger partial charge in [0, 0.05) is 44.1 Å². The predicted molar refractivity (Wildman–Crippen MR) is 110 cm³/mol. The number of pyridine rings is 1. The lowest BCUT2D eigenvalue weighted by molar-refractivity contribution is -0.149. The van der Waals surface area contributed by atoms with Crippen LogP contribution in [0.4, 0.5) is 0 Å². The number of hydrogen-bond donors (Lipinski definition) is 1. The molecular formula is C22H32N4O3. The van der Waals surface area contributed by atoms with E-state index in [1.54, 1.807) is 18.5 Å². The summed E-state index contributed by atoms with van der Waals surface area (Å²) in [6.45, 7) is 7.33. The minimum Gasteiger partial charge on any atom is -0.365 e. The third-order valence-corrected chi connectivity index (χ3v) is 6.37. The highest BCUT2D eigenvalue weighted by Crippen LogP contribution is 2.31. The van der Waals surface area contributed by atoms with Gasteiger partial charge in [-0.05, 0) is 69.2 Å². The van der Waals surface area contributed by atoms with Gasteiger partial charge >= 0.3 is 0 Å². The first-order valence-electron chi connectivity index (χ1n) is 10.9. The molecule has 1 atom stereocenters. The standard InChI is InChI=1S/C22H32N4O3/c1-16-10-23-7-4-20(16)22(28)24-11-19-14-26(21(27)15-29-19)13-18-5-8-25(9-6-18)12-17-2-3-17/h4,7,10,17-19H,2-3,5-6,8-9,11-15H2,1H3,(H,24,28)/t19-/m0/s1. The summed E-state index contributed by atoms with van der Waals surface area (Å²) >= 11 is 0. The number of likely N-dealkylation sites (tertiary alicyclic amines) is 1. The van der Waals surface area contributed by atoms with Crippen molar-refractivity contribution in [2.24, 2.45) is 11.8 Å². The van der Waals surface area contributed by atoms with Crippen LogP contribution < -0.4 is 5.32 Å². The van der Waals surface area contributed by atoms with E-state index in [0.717, 1.165) is 31.1 Å². The summed E-state index contributed by atoms with van der Waals surface area (Å²) < 4.78 is 5.67. The maximum atomic E-state index is 12.4. The Kier molecular flexibility index (Phi) is 6.45. The van der Waals surface area contributed by atoms with Gasteiger partial charge in [-0.2, -0.15) is 0 Å². The molecule has 0 aromatic carbocycles. The van der Waals surface area contributed by atoms with Crippen LogP contribution in [-0.2, 0) is 9.53 Å². The quantitative estimate of drug-likeness (QED) is 0.750. The summed E-state index contributed by atoms with van der Waals surface area (Å²) in [5, 5.41) is 2.94. The number of piperidine rings is 1. The fraction of sp³-hybridized carbons (Fsp3) is 0.682. The Bertz CT molecular complexity index is 729. The highest BCUT2D eigenvalue weighted by atomic mass is 16.5. The van der Waals surface area contributed by atoms with Crippen molar-refractivity contribution in [1.82, 2.24) is 20.1 Å². The number of ether oxygens (including phenoxy) is 1. The van der Waals surface area contributed by atoms with Gasteiger partial charge in [0.1, 0.15) is 6.61 Å². The number of amides is 2. The second-order valence-electron chi connectivity index (χ2n) is 8.82. The Morgan fingerprint density at radius 2 is 1.97 bits per heavy atom. The van der Waals surface area contributed by atoms with Crippen LogP contribution in [0.2, 0.25) is 0 Å². The molecule has 1 saturated carbocycles. The third kappa shape index (κ3) is 5.54. The van der Waals surface area contributed by atoms with Crippen molar-refractivity contribution >= 4 is 11.8 Å². The number of nitrogens with one attached hydrogen (secondary N) is 1. The van der Waals surface area contributed by atoms with Gasteiger partial charge in [-0.25, -0.2) is 0 Å². The minimum absolute atomic E-state index is 0.0676. The first kappa shape index (κ1) is 20.3. The number of nitrogens with zero attached hydrogens (tertiary/aromatic N) is 3. The van der Waals surface area contributed by atoms with Gasteiger partial charge in [0.15, 0.2) is 0 Å². The van der Waals surface area contributed by atoms with Crippen LogP contribution in [0.3, 0.4) is 0 Å². The van der Waals surface area contributed by atoms with Crippen molar-refractivity contribution in [3.63, 3.8) is 0 Å². The molecule has 1 aliphatic carbocycles. The van der Waals surface area contributed by atoms with E-state index >= 15 is 0 Å². The molecule has 7 heteroatoms. The van der Waals surface area contributed by atoms with Crippen molar-refractivity contribution in [1.29, 1.82) is 0 Å². The van der Waals surface area contributed by atoms with Crippen molar-refractivity contribution in [3.05, 3.63) is 29.6 Å². The number of morpholine rings is 1. The van der Waals surface area contributed by atoms with Gasteiger partial charge in [-0.1, -0.05) is 0 Å². The molecule has 2 saturated heterocycles. The Morgan fingerprint density at radius 1 is 1.21 bits per heavy atom. The third-order valence-electron chi connectivity index (χ3n) is 6.37. The maximum Gasteiger partial charge on any atom is 0.251 e. The van der Waals surface area contributed by atoms with Crippen molar-refractivity contribution in [2.45, 2.75) is 38.7 Å². The summed E-state index contributed by atoms with van der Waals surface area (Å²) in [5.74, 6) is 1.46. The molecule has 158 valence electrons. The molecule has 4 rings (SSSR count). The molecule has 1 aromatic heterocycles. The number of carbonyl (C=O) groups excluding carboxylic acids is 2. The van der Waals surface area contributed by atoms with Gasteiger partial charge in [0.2, 0.25) is 5.91 Å². The zero-order valence-electron chi connectivity index (χ0n) is 17.3. The lowest BCUT2D eigenvalue weighted by Crippen LogP contribution is -2.52. The predicted octanol–water partition coefficient (Wildman–Crippen LogP) is 1.47. The van der Waals surface area contributed by atoms with Crippen LogP contribution in [0.25, 0.3) is 0 Å². The first-order valence-corrected chi connectivity index (χ1v) is 10.9. The van der Waals surface area contributed by atoms with Crippen molar-refractivity contribution in [2.75, 3.05) is 45.9 Å². The van der Waals surface area contributed by atoms with Gasteiger partial charge in [0.25, 0.3) is 5.91 Å². The smallest absolute Gasteiger partial charge is 0.251 e. The van der Waals surface area contributed by atoms with Crippen LogP contribution in [0, 0.1) is 18.8 Å². The highest BCUT2D eigenvalue weighted by Gasteiger charge is 2.31. The lowest BCUT2D eigenvalue weighted by atomic mass is 9.95. The van der Waals surface area contributed by atoms with E-state index in [1.807, 2.05) is 11.8 Å². The summed E-state index contributed by atoms with van der Waals surface area (Å²) in [4.78, 5) is 33.3. The van der Waals surface area contributed by atoms with Crippen LogP contribution in [0.15, 0.2) is 18.5 Å². The lowest BCUT2D eigenvalue weighted by Gasteiger charge is -2.38. The number of aromatic nitrogens is 1. The van der Waals surface area contributed by atoms with Crippen LogP contribution in [-0.4, -0.2) is 78.6 Å². The summed E-state index contributed by atoms with van der Waals surface area (Å²) in [6.07, 6.45) is 8.29. The number of rotatable bonds is 7. The topological polar surface area (TPSA) is 74.8 Å². The van der Waals surface area contributed by atoms with Crippen molar-refractivity contribution in [3.8, 4) is 0 Å². The molecular weight excluding hydrogens is 368 g/mol. The van der Waals surface area contributed by atoms with Gasteiger partial charge in [-0.15, -0.1) is 0 Å². The normalized spacial score (nSPS) is 24.0. The van der Waals surface area contributed by atoms with E-state index in [4.69, 9.17) is 4.74 Å². The molecule has 29 heavy (non-hydrogen) atoms. The van der Waals surface area contributed by atoms with Gasteiger partial charge < -0.3 is 19.9 Å². The Labute approximate surface area is 172 Å². The second kappa shape index (κ2) is 9.22. The second-order valence-corrected chi connectivity index (χ2v) is 8.82. The van der Waals surface area contributed by atoms with Crippen LogP contribution in [0.5, 0.6) is 0 Å². The minimum atomic E-state index is -0.159. The van der Waals surface area contributed by atoms with E-state index in [1.165, 1.54) is 32.2 Å². The van der Waals surface area contributed by atoms with Crippen LogP contribution in [0.1, 0.15) is 41.6 Å². The number of hydrogen-bond acceptors (Lipinski definition) is 5. The van der Waals surface area contributed by atoms with Crippen LogP contribution >= 0.6 is 0 Å². The monoisotopic (exact) mass is 400 g/mol. The zero-order valence-corrected chi connectivity index (χ0v) is 17.3. The summed E-state index contributed by atoms with van der Waals surface area (Å²) in [6, 6.07) is 1.72. The fourth-order valence-electron chi connectivity index (χ4n) is 4.34. The zero-order chi connectivity index (χ0) is 20.2. The fourth-order valence-corrected chi connectivity index (χ4v) is 4.34. The molecule has 0 bridgehead atoms. The van der Waals surface area contributed by atoms with E-state index in [9.17, 15) is 9.59 Å². The maximum absolute atomic E-state index is 12.4. The van der Waals surface area contributed by atoms with E-state index in [-0.39, 0.29) is 24.5 Å². The largest absolute Gasteiger partial charge is 0.365 e. The molecule has 0 unspecified atom stereocenters. The average molecular weight is 401 g/mol. The summed E-state index contributed by atoms with van der Waals surface area (Å²) in [7, 11) is 0.